The topological polar surface area (TPSA) is 129 Å². The Labute approximate surface area is 234 Å². The highest BCUT2D eigenvalue weighted by molar-refractivity contribution is 6.00. The Morgan fingerprint density at radius 2 is 1.75 bits per heavy atom. The van der Waals surface area contributed by atoms with Gasteiger partial charge >= 0.3 is 0 Å². The maximum absolute atomic E-state index is 12.9. The zero-order chi connectivity index (χ0) is 27.9. The summed E-state index contributed by atoms with van der Waals surface area (Å²) in [6, 6.07) is 16.9. The second-order valence-electron chi connectivity index (χ2n) is 10.00. The molecule has 0 unspecified atom stereocenters. The summed E-state index contributed by atoms with van der Waals surface area (Å²) in [5, 5.41) is 4.88. The van der Waals surface area contributed by atoms with Crippen LogP contribution in [0.4, 0.5) is 0 Å². The molecule has 0 saturated carbocycles. The third-order valence-corrected chi connectivity index (χ3v) is 7.29. The van der Waals surface area contributed by atoms with Gasteiger partial charge in [0, 0.05) is 50.8 Å². The number of primary amides is 1. The van der Waals surface area contributed by atoms with E-state index in [4.69, 9.17) is 26.0 Å². The van der Waals surface area contributed by atoms with Gasteiger partial charge in [-0.05, 0) is 49.4 Å². The molecular formula is C30H36N6O4. The van der Waals surface area contributed by atoms with Crippen molar-refractivity contribution < 1.29 is 19.1 Å². The molecule has 0 bridgehead atoms. The summed E-state index contributed by atoms with van der Waals surface area (Å²) < 4.78 is 13.1. The Hall–Kier alpha value is -3.99. The average molecular weight is 545 g/mol. The van der Waals surface area contributed by atoms with Crippen molar-refractivity contribution in [2.75, 3.05) is 52.5 Å². The van der Waals surface area contributed by atoms with Crippen LogP contribution in [0.1, 0.15) is 28.5 Å². The molecule has 3 aromatic rings. The molecule has 0 aliphatic carbocycles. The van der Waals surface area contributed by atoms with Crippen molar-refractivity contribution in [1.29, 1.82) is 0 Å². The molecule has 2 aliphatic heterocycles. The van der Waals surface area contributed by atoms with E-state index in [0.29, 0.717) is 48.8 Å². The highest BCUT2D eigenvalue weighted by Crippen LogP contribution is 2.32. The highest BCUT2D eigenvalue weighted by atomic mass is 16.5. The molecule has 2 saturated heterocycles. The van der Waals surface area contributed by atoms with Gasteiger partial charge in [0.1, 0.15) is 17.2 Å². The number of benzene rings is 2. The van der Waals surface area contributed by atoms with Crippen LogP contribution < -0.4 is 16.2 Å². The molecule has 1 atom stereocenters. The summed E-state index contributed by atoms with van der Waals surface area (Å²) in [6.07, 6.45) is 4.75. The normalized spacial score (nSPS) is 17.9. The zero-order valence-electron chi connectivity index (χ0n) is 22.6. The van der Waals surface area contributed by atoms with Gasteiger partial charge < -0.3 is 25.8 Å². The molecule has 4 N–H and O–H groups in total. The molecule has 0 radical (unpaired) electrons. The molecule has 2 aliphatic rings. The van der Waals surface area contributed by atoms with Crippen LogP contribution in [-0.4, -0.2) is 83.9 Å². The smallest absolute Gasteiger partial charge is 0.252 e. The second kappa shape index (κ2) is 12.9. The first-order valence-electron chi connectivity index (χ1n) is 13.7. The van der Waals surface area contributed by atoms with E-state index in [1.54, 1.807) is 6.08 Å². The molecule has 0 spiro atoms. The van der Waals surface area contributed by atoms with E-state index in [1.807, 2.05) is 70.3 Å². The molecule has 210 valence electrons. The molecule has 5 rings (SSSR count). The lowest BCUT2D eigenvalue weighted by Crippen LogP contribution is -2.36. The zero-order valence-corrected chi connectivity index (χ0v) is 22.6. The summed E-state index contributed by atoms with van der Waals surface area (Å²) in [5.74, 6) is 0.835. The van der Waals surface area contributed by atoms with E-state index in [9.17, 15) is 9.59 Å². The molecule has 10 nitrogen and oxygen atoms in total. The van der Waals surface area contributed by atoms with E-state index >= 15 is 0 Å². The van der Waals surface area contributed by atoms with Crippen LogP contribution in [0.15, 0.2) is 66.7 Å². The van der Waals surface area contributed by atoms with Crippen molar-refractivity contribution in [2.45, 2.75) is 18.9 Å². The standard InChI is InChI=1S/C30H36N6O4/c31-14-12-26-28(30(32)38)29(22-8-10-25(11-9-22)40-24-5-2-1-3-6-24)33-36(26)23-13-16-35(21-23)27(37)7-4-15-34-17-19-39-20-18-34/h1-11,23H,12-21,31H2,(H2,32,38)/b7-4+/t23-/m1/s1. The Kier molecular flexibility index (Phi) is 8.90. The number of nitrogens with two attached hydrogens (primary N) is 2. The number of carbonyl (C=O) groups is 2. The number of aromatic nitrogens is 2. The molecule has 2 amide bonds. The van der Waals surface area contributed by atoms with Gasteiger partial charge in [0.15, 0.2) is 0 Å². The van der Waals surface area contributed by atoms with Crippen LogP contribution in [0, 0.1) is 0 Å². The molecule has 3 heterocycles. The number of hydrogen-bond donors (Lipinski definition) is 2. The number of carbonyl (C=O) groups excluding carboxylic acids is 2. The molecule has 40 heavy (non-hydrogen) atoms. The van der Waals surface area contributed by atoms with Gasteiger partial charge in [0.2, 0.25) is 5.91 Å². The minimum Gasteiger partial charge on any atom is -0.457 e. The van der Waals surface area contributed by atoms with E-state index in [-0.39, 0.29) is 11.9 Å². The average Bonchev–Trinajstić information content (AvgIpc) is 3.60. The summed E-state index contributed by atoms with van der Waals surface area (Å²) in [7, 11) is 0. The SMILES string of the molecule is NCCc1c(C(N)=O)c(-c2ccc(Oc3ccccc3)cc2)nn1[C@@H]1CCN(C(=O)/C=C/CN2CCOCC2)C1. The van der Waals surface area contributed by atoms with Crippen LogP contribution in [0.25, 0.3) is 11.3 Å². The second-order valence-corrected chi connectivity index (χ2v) is 10.00. The maximum atomic E-state index is 12.9. The first-order valence-corrected chi connectivity index (χ1v) is 13.7. The van der Waals surface area contributed by atoms with Crippen LogP contribution >= 0.6 is 0 Å². The number of amides is 2. The number of morpholine rings is 1. The molecule has 2 aromatic carbocycles. The number of hydrogen-bond acceptors (Lipinski definition) is 7. The fourth-order valence-corrected chi connectivity index (χ4v) is 5.25. The highest BCUT2D eigenvalue weighted by Gasteiger charge is 2.32. The third-order valence-electron chi connectivity index (χ3n) is 7.29. The number of para-hydroxylation sites is 1. The van der Waals surface area contributed by atoms with Gasteiger partial charge in [-0.15, -0.1) is 0 Å². The largest absolute Gasteiger partial charge is 0.457 e. The molecule has 10 heteroatoms. The quantitative estimate of drug-likeness (QED) is 0.376. The van der Waals surface area contributed by atoms with E-state index in [1.165, 1.54) is 0 Å². The minimum atomic E-state index is -0.550. The molecule has 1 aromatic heterocycles. The number of ether oxygens (including phenoxy) is 2. The van der Waals surface area contributed by atoms with Crippen molar-refractivity contribution in [3.8, 4) is 22.8 Å². The van der Waals surface area contributed by atoms with Crippen molar-refractivity contribution >= 4 is 11.8 Å². The van der Waals surface area contributed by atoms with Gasteiger partial charge in [-0.3, -0.25) is 19.2 Å². The van der Waals surface area contributed by atoms with Gasteiger partial charge in [-0.25, -0.2) is 0 Å². The third kappa shape index (κ3) is 6.41. The first kappa shape index (κ1) is 27.6. The summed E-state index contributed by atoms with van der Waals surface area (Å²) in [5.41, 5.74) is 14.2. The Bertz CT molecular complexity index is 1330. The number of rotatable bonds is 10. The van der Waals surface area contributed by atoms with E-state index in [0.717, 1.165) is 50.6 Å². The fraction of sp³-hybridized carbons (Fsp3) is 0.367. The van der Waals surface area contributed by atoms with Crippen molar-refractivity contribution in [1.82, 2.24) is 19.6 Å². The van der Waals surface area contributed by atoms with E-state index in [2.05, 4.69) is 4.90 Å². The predicted molar refractivity (Wildman–Crippen MR) is 152 cm³/mol. The van der Waals surface area contributed by atoms with Crippen LogP contribution in [0.5, 0.6) is 11.5 Å². The maximum Gasteiger partial charge on any atom is 0.252 e. The molecule has 2 fully saturated rings. The lowest BCUT2D eigenvalue weighted by atomic mass is 10.0. The van der Waals surface area contributed by atoms with Crippen LogP contribution in [0.3, 0.4) is 0 Å². The van der Waals surface area contributed by atoms with Crippen molar-refractivity contribution in [2.24, 2.45) is 11.5 Å². The van der Waals surface area contributed by atoms with Crippen LogP contribution in [0.2, 0.25) is 0 Å². The van der Waals surface area contributed by atoms with Gasteiger partial charge in [0.05, 0.1) is 30.5 Å². The Morgan fingerprint density at radius 1 is 1.02 bits per heavy atom. The fourth-order valence-electron chi connectivity index (χ4n) is 5.25. The van der Waals surface area contributed by atoms with Crippen LogP contribution in [-0.2, 0) is 16.0 Å². The molecular weight excluding hydrogens is 508 g/mol. The van der Waals surface area contributed by atoms with Gasteiger partial charge in [-0.1, -0.05) is 24.3 Å². The van der Waals surface area contributed by atoms with Gasteiger partial charge in [0.25, 0.3) is 5.91 Å². The van der Waals surface area contributed by atoms with Crippen molar-refractivity contribution in [3.05, 3.63) is 78.0 Å². The van der Waals surface area contributed by atoms with E-state index < -0.39 is 5.91 Å². The summed E-state index contributed by atoms with van der Waals surface area (Å²) in [6.45, 7) is 5.39. The minimum absolute atomic E-state index is 0.0207. The van der Waals surface area contributed by atoms with Gasteiger partial charge in [-0.2, -0.15) is 5.10 Å². The lowest BCUT2D eigenvalue weighted by molar-refractivity contribution is -0.125. The Balaban J connectivity index is 1.33. The predicted octanol–water partition coefficient (Wildman–Crippen LogP) is 2.60. The monoisotopic (exact) mass is 544 g/mol. The van der Waals surface area contributed by atoms with Crippen molar-refractivity contribution in [3.63, 3.8) is 0 Å². The summed E-state index contributed by atoms with van der Waals surface area (Å²) in [4.78, 5) is 29.7. The number of nitrogens with zero attached hydrogens (tertiary/aromatic N) is 4. The lowest BCUT2D eigenvalue weighted by Gasteiger charge is -2.25. The first-order chi connectivity index (χ1) is 19.5. The Morgan fingerprint density at radius 3 is 2.45 bits per heavy atom. The number of likely N-dealkylation sites (tertiary alicyclic amines) is 1. The summed E-state index contributed by atoms with van der Waals surface area (Å²) >= 11 is 0.